The molecule has 2 N–H and O–H groups in total. The number of nitrogens with one attached hydrogen (secondary N) is 1. The van der Waals surface area contributed by atoms with E-state index >= 15 is 0 Å². The molecule has 2 heterocycles. The number of aliphatic hydroxyl groups is 1. The predicted octanol–water partition coefficient (Wildman–Crippen LogP) is -0.233. The van der Waals surface area contributed by atoms with Crippen molar-refractivity contribution in [2.45, 2.75) is 0 Å². The van der Waals surface area contributed by atoms with Crippen LogP contribution in [0.5, 0.6) is 0 Å². The summed E-state index contributed by atoms with van der Waals surface area (Å²) in [7, 11) is 1.83. The molecule has 74 valence electrons. The number of aryl methyl sites for hydroxylation is 1. The molecule has 2 rings (SSSR count). The van der Waals surface area contributed by atoms with Crippen LogP contribution >= 0.6 is 0 Å². The first-order chi connectivity index (χ1) is 6.81. The third-order valence-electron chi connectivity index (χ3n) is 1.84. The monoisotopic (exact) mass is 193 g/mol. The molecule has 0 unspecified atom stereocenters. The number of anilines is 1. The fourth-order valence-corrected chi connectivity index (χ4v) is 1.27. The lowest BCUT2D eigenvalue weighted by Crippen LogP contribution is -2.07. The van der Waals surface area contributed by atoms with Gasteiger partial charge in [0, 0.05) is 19.8 Å². The van der Waals surface area contributed by atoms with Crippen LogP contribution in [0.3, 0.4) is 0 Å². The van der Waals surface area contributed by atoms with Gasteiger partial charge in [0.25, 0.3) is 0 Å². The van der Waals surface area contributed by atoms with E-state index in [1.807, 2.05) is 13.2 Å². The minimum absolute atomic E-state index is 0.0752. The maximum absolute atomic E-state index is 8.68. The van der Waals surface area contributed by atoms with Crippen molar-refractivity contribution in [1.82, 2.24) is 19.7 Å². The van der Waals surface area contributed by atoms with Gasteiger partial charge in [-0.2, -0.15) is 5.10 Å². The lowest BCUT2D eigenvalue weighted by molar-refractivity contribution is 0.311. The molecule has 0 aliphatic carbocycles. The Morgan fingerprint density at radius 1 is 1.50 bits per heavy atom. The molecule has 0 aromatic carbocycles. The predicted molar refractivity (Wildman–Crippen MR) is 51.9 cm³/mol. The Balaban J connectivity index is 2.42. The smallest absolute Gasteiger partial charge is 0.186 e. The molecular formula is C8H11N5O. The van der Waals surface area contributed by atoms with Crippen LogP contribution in [0, 0.1) is 0 Å². The summed E-state index contributed by atoms with van der Waals surface area (Å²) in [5, 5.41) is 16.7. The average molecular weight is 193 g/mol. The highest BCUT2D eigenvalue weighted by molar-refractivity contribution is 5.85. The molecule has 0 radical (unpaired) electrons. The summed E-state index contributed by atoms with van der Waals surface area (Å²) in [5.74, 6) is 0.706. The first-order valence-electron chi connectivity index (χ1n) is 4.30. The fourth-order valence-electron chi connectivity index (χ4n) is 1.27. The summed E-state index contributed by atoms with van der Waals surface area (Å²) in [4.78, 5) is 8.10. The van der Waals surface area contributed by atoms with Gasteiger partial charge in [0.1, 0.15) is 12.1 Å². The highest BCUT2D eigenvalue weighted by atomic mass is 16.3. The van der Waals surface area contributed by atoms with Crippen molar-refractivity contribution < 1.29 is 5.11 Å². The van der Waals surface area contributed by atoms with E-state index in [1.54, 1.807) is 4.68 Å². The van der Waals surface area contributed by atoms with Crippen LogP contribution in [-0.2, 0) is 7.05 Å². The lowest BCUT2D eigenvalue weighted by atomic mass is 10.4. The van der Waals surface area contributed by atoms with Gasteiger partial charge in [-0.1, -0.05) is 0 Å². The van der Waals surface area contributed by atoms with Crippen LogP contribution in [0.25, 0.3) is 11.0 Å². The summed E-state index contributed by atoms with van der Waals surface area (Å²) >= 11 is 0. The minimum atomic E-state index is 0.0752. The van der Waals surface area contributed by atoms with Crippen molar-refractivity contribution in [3.05, 3.63) is 12.5 Å². The molecular weight excluding hydrogens is 182 g/mol. The number of hydrogen-bond acceptors (Lipinski definition) is 5. The van der Waals surface area contributed by atoms with E-state index in [9.17, 15) is 0 Å². The highest BCUT2D eigenvalue weighted by Crippen LogP contribution is 2.16. The Kier molecular flexibility index (Phi) is 2.28. The van der Waals surface area contributed by atoms with Gasteiger partial charge in [-0.05, 0) is 0 Å². The molecule has 0 saturated carbocycles. The van der Waals surface area contributed by atoms with Crippen LogP contribution < -0.4 is 5.32 Å². The molecule has 2 aromatic heterocycles. The zero-order valence-electron chi connectivity index (χ0n) is 7.80. The van der Waals surface area contributed by atoms with Crippen LogP contribution in [0.4, 0.5) is 5.82 Å². The molecule has 0 amide bonds. The second-order valence-corrected chi connectivity index (χ2v) is 2.91. The van der Waals surface area contributed by atoms with Crippen LogP contribution in [0.15, 0.2) is 12.5 Å². The molecule has 6 nitrogen and oxygen atoms in total. The second kappa shape index (κ2) is 3.59. The molecule has 0 atom stereocenters. The first-order valence-corrected chi connectivity index (χ1v) is 4.30. The summed E-state index contributed by atoms with van der Waals surface area (Å²) in [6.07, 6.45) is 3.30. The topological polar surface area (TPSA) is 75.9 Å². The average Bonchev–Trinajstić information content (AvgIpc) is 2.55. The molecule has 6 heteroatoms. The Hall–Kier alpha value is -1.69. The van der Waals surface area contributed by atoms with E-state index in [1.165, 1.54) is 6.33 Å². The zero-order valence-corrected chi connectivity index (χ0v) is 7.80. The van der Waals surface area contributed by atoms with Crippen molar-refractivity contribution in [1.29, 1.82) is 0 Å². The summed E-state index contributed by atoms with van der Waals surface area (Å²) in [5.41, 5.74) is 0.655. The van der Waals surface area contributed by atoms with Crippen molar-refractivity contribution >= 4 is 16.9 Å². The molecule has 0 spiro atoms. The van der Waals surface area contributed by atoms with Crippen molar-refractivity contribution in [3.8, 4) is 0 Å². The quantitative estimate of drug-likeness (QED) is 0.704. The van der Waals surface area contributed by atoms with Gasteiger partial charge in [0.15, 0.2) is 5.65 Å². The molecule has 0 aliphatic heterocycles. The van der Waals surface area contributed by atoms with Gasteiger partial charge in [0.2, 0.25) is 0 Å². The van der Waals surface area contributed by atoms with E-state index in [0.29, 0.717) is 18.0 Å². The van der Waals surface area contributed by atoms with Gasteiger partial charge in [-0.15, -0.1) is 0 Å². The molecule has 0 bridgehead atoms. The third-order valence-corrected chi connectivity index (χ3v) is 1.84. The third kappa shape index (κ3) is 1.51. The maximum Gasteiger partial charge on any atom is 0.186 e. The van der Waals surface area contributed by atoms with Gasteiger partial charge in [-0.25, -0.2) is 9.97 Å². The molecule has 14 heavy (non-hydrogen) atoms. The number of rotatable bonds is 3. The highest BCUT2D eigenvalue weighted by Gasteiger charge is 2.05. The van der Waals surface area contributed by atoms with Gasteiger partial charge in [0.05, 0.1) is 12.0 Å². The van der Waals surface area contributed by atoms with E-state index in [-0.39, 0.29) is 6.61 Å². The zero-order chi connectivity index (χ0) is 9.97. The Morgan fingerprint density at radius 3 is 3.14 bits per heavy atom. The molecule has 0 saturated heterocycles. The summed E-state index contributed by atoms with van der Waals surface area (Å²) in [6.45, 7) is 0.548. The molecule has 0 fully saturated rings. The lowest BCUT2D eigenvalue weighted by Gasteiger charge is -2.02. The first kappa shape index (κ1) is 8.89. The number of aromatic nitrogens is 4. The van der Waals surface area contributed by atoms with E-state index in [0.717, 1.165) is 5.39 Å². The summed E-state index contributed by atoms with van der Waals surface area (Å²) < 4.78 is 1.68. The van der Waals surface area contributed by atoms with E-state index < -0.39 is 0 Å². The van der Waals surface area contributed by atoms with E-state index in [4.69, 9.17) is 5.11 Å². The van der Waals surface area contributed by atoms with Crippen LogP contribution in [0.2, 0.25) is 0 Å². The standard InChI is InChI=1S/C8H11N5O/c1-13-4-6-7(9-2-3-14)10-5-11-8(6)12-13/h4-5,14H,2-3H2,1H3,(H,9,10,11,12). The normalized spacial score (nSPS) is 10.7. The van der Waals surface area contributed by atoms with Crippen LogP contribution in [-0.4, -0.2) is 38.0 Å². The van der Waals surface area contributed by atoms with Gasteiger partial charge < -0.3 is 10.4 Å². The number of fused-ring (bicyclic) bond motifs is 1. The number of hydrogen-bond donors (Lipinski definition) is 2. The Morgan fingerprint density at radius 2 is 2.36 bits per heavy atom. The molecule has 2 aromatic rings. The fraction of sp³-hybridized carbons (Fsp3) is 0.375. The van der Waals surface area contributed by atoms with Crippen molar-refractivity contribution in [3.63, 3.8) is 0 Å². The number of nitrogens with zero attached hydrogens (tertiary/aromatic N) is 4. The van der Waals surface area contributed by atoms with Crippen molar-refractivity contribution in [2.24, 2.45) is 7.05 Å². The van der Waals surface area contributed by atoms with Gasteiger partial charge in [-0.3, -0.25) is 4.68 Å². The minimum Gasteiger partial charge on any atom is -0.395 e. The van der Waals surface area contributed by atoms with Crippen LogP contribution in [0.1, 0.15) is 0 Å². The number of aliphatic hydroxyl groups excluding tert-OH is 1. The Labute approximate surface area is 80.6 Å². The van der Waals surface area contributed by atoms with Crippen molar-refractivity contribution in [2.75, 3.05) is 18.5 Å². The summed E-state index contributed by atoms with van der Waals surface area (Å²) in [6, 6.07) is 0. The van der Waals surface area contributed by atoms with E-state index in [2.05, 4.69) is 20.4 Å². The Bertz CT molecular complexity index is 438. The molecule has 0 aliphatic rings. The SMILES string of the molecule is Cn1cc2c(NCCO)ncnc2n1. The maximum atomic E-state index is 8.68. The van der Waals surface area contributed by atoms with Gasteiger partial charge >= 0.3 is 0 Å². The largest absolute Gasteiger partial charge is 0.395 e. The second-order valence-electron chi connectivity index (χ2n) is 2.91.